The van der Waals surface area contributed by atoms with Crippen LogP contribution in [0.1, 0.15) is 34.2 Å². The van der Waals surface area contributed by atoms with Crippen LogP contribution in [0.15, 0.2) is 60.8 Å². The summed E-state index contributed by atoms with van der Waals surface area (Å²) in [5.41, 5.74) is 2.09. The number of alkyl halides is 3. The third kappa shape index (κ3) is 9.21. The van der Waals surface area contributed by atoms with Gasteiger partial charge in [0.1, 0.15) is 5.69 Å². The molecule has 0 bridgehead atoms. The molecule has 2 aromatic carbocycles. The highest BCUT2D eigenvalue weighted by Crippen LogP contribution is 2.27. The van der Waals surface area contributed by atoms with Crippen LogP contribution in [0, 0.1) is 0 Å². The van der Waals surface area contributed by atoms with Gasteiger partial charge in [0.2, 0.25) is 5.91 Å². The lowest BCUT2D eigenvalue weighted by atomic mass is 10.2. The van der Waals surface area contributed by atoms with Crippen LogP contribution in [0.2, 0.25) is 10.0 Å². The summed E-state index contributed by atoms with van der Waals surface area (Å²) in [5, 5.41) is 22.5. The van der Waals surface area contributed by atoms with Crippen LogP contribution in [-0.2, 0) is 9.59 Å². The number of amides is 3. The summed E-state index contributed by atoms with van der Waals surface area (Å²) < 4.78 is 31.7. The SMILES string of the molecule is C/C=C/C(=O)Nc1cccc(N2CC[C@@H](NC(=O)c3[nH]ncc3NC(=O)c3c(Cl)cccc3Cl)C2)c1.O=C(O)C(F)(F)F. The second-order valence-corrected chi connectivity index (χ2v) is 9.77. The number of allylic oxidation sites excluding steroid dienone is 1. The molecule has 0 spiro atoms. The van der Waals surface area contributed by atoms with Crippen LogP contribution >= 0.6 is 23.2 Å². The molecule has 1 aromatic heterocycles. The average molecular weight is 641 g/mol. The highest BCUT2D eigenvalue weighted by molar-refractivity contribution is 6.40. The first-order valence-electron chi connectivity index (χ1n) is 12.5. The third-order valence-electron chi connectivity index (χ3n) is 5.87. The zero-order valence-electron chi connectivity index (χ0n) is 22.3. The number of benzene rings is 2. The number of aliphatic carboxylic acids is 1. The van der Waals surface area contributed by atoms with E-state index in [-0.39, 0.29) is 38.9 Å². The molecule has 5 N–H and O–H groups in total. The summed E-state index contributed by atoms with van der Waals surface area (Å²) in [4.78, 5) is 48.5. The number of rotatable bonds is 7. The molecule has 0 aliphatic carbocycles. The molecule has 228 valence electrons. The summed E-state index contributed by atoms with van der Waals surface area (Å²) in [6.45, 7) is 3.10. The normalized spacial score (nSPS) is 14.6. The standard InChI is InChI=1S/C25H24Cl2N6O3.C2HF3O2/c1-2-5-21(34)29-15-6-3-7-17(12-15)33-11-10-16(14-33)30-25(36)23-20(13-28-32-23)31-24(35)22-18(26)8-4-9-19(22)27;3-2(4,5)1(6)7/h2-9,12-13,16H,10-11,14H2,1H3,(H,28,32)(H,29,34)(H,30,36)(H,31,35);(H,6,7)/b5-2+;/t16-;/m1./s1. The van der Waals surface area contributed by atoms with Gasteiger partial charge in [-0.25, -0.2) is 4.79 Å². The minimum atomic E-state index is -5.08. The van der Waals surface area contributed by atoms with Crippen molar-refractivity contribution in [1.82, 2.24) is 15.5 Å². The Morgan fingerprint density at radius 2 is 1.72 bits per heavy atom. The fourth-order valence-corrected chi connectivity index (χ4v) is 4.51. The first-order chi connectivity index (χ1) is 20.3. The number of aromatic nitrogens is 2. The van der Waals surface area contributed by atoms with Crippen LogP contribution in [0.5, 0.6) is 0 Å². The van der Waals surface area contributed by atoms with Crippen molar-refractivity contribution in [1.29, 1.82) is 0 Å². The number of carbonyl (C=O) groups excluding carboxylic acids is 3. The van der Waals surface area contributed by atoms with E-state index in [1.807, 2.05) is 24.3 Å². The minimum absolute atomic E-state index is 0.115. The molecule has 1 aliphatic rings. The Bertz CT molecular complexity index is 1510. The van der Waals surface area contributed by atoms with Gasteiger partial charge in [-0.05, 0) is 49.8 Å². The lowest BCUT2D eigenvalue weighted by molar-refractivity contribution is -0.192. The Balaban J connectivity index is 0.000000646. The Kier molecular flexibility index (Phi) is 11.2. The van der Waals surface area contributed by atoms with E-state index in [1.165, 1.54) is 12.3 Å². The van der Waals surface area contributed by atoms with Gasteiger partial charge in [0.05, 0.1) is 27.5 Å². The molecular weight excluding hydrogens is 616 g/mol. The van der Waals surface area contributed by atoms with E-state index in [0.29, 0.717) is 12.2 Å². The monoisotopic (exact) mass is 640 g/mol. The molecule has 11 nitrogen and oxygen atoms in total. The third-order valence-corrected chi connectivity index (χ3v) is 6.50. The van der Waals surface area contributed by atoms with E-state index < -0.39 is 24.0 Å². The number of carbonyl (C=O) groups is 4. The van der Waals surface area contributed by atoms with E-state index >= 15 is 0 Å². The van der Waals surface area contributed by atoms with Gasteiger partial charge < -0.3 is 26.0 Å². The number of nitrogens with one attached hydrogen (secondary N) is 4. The van der Waals surface area contributed by atoms with Gasteiger partial charge in [-0.3, -0.25) is 19.5 Å². The predicted octanol–water partition coefficient (Wildman–Crippen LogP) is 5.13. The van der Waals surface area contributed by atoms with Crippen molar-refractivity contribution in [2.75, 3.05) is 28.6 Å². The molecule has 1 fully saturated rings. The molecule has 4 rings (SSSR count). The van der Waals surface area contributed by atoms with Crippen LogP contribution in [-0.4, -0.2) is 64.3 Å². The number of halogens is 5. The Morgan fingerprint density at radius 1 is 1.07 bits per heavy atom. The fourth-order valence-electron chi connectivity index (χ4n) is 3.94. The molecule has 3 amide bonds. The van der Waals surface area contributed by atoms with Crippen LogP contribution in [0.3, 0.4) is 0 Å². The van der Waals surface area contributed by atoms with Crippen molar-refractivity contribution >= 4 is 64.0 Å². The summed E-state index contributed by atoms with van der Waals surface area (Å²) in [6.07, 6.45) is 0.136. The van der Waals surface area contributed by atoms with Crippen molar-refractivity contribution in [3.8, 4) is 0 Å². The average Bonchev–Trinajstić information content (AvgIpc) is 3.58. The fraction of sp³-hybridized carbons (Fsp3) is 0.222. The summed E-state index contributed by atoms with van der Waals surface area (Å²) in [5.74, 6) is -3.89. The van der Waals surface area contributed by atoms with Crippen molar-refractivity contribution in [2.24, 2.45) is 0 Å². The molecule has 1 aliphatic heterocycles. The summed E-state index contributed by atoms with van der Waals surface area (Å²) in [7, 11) is 0. The molecule has 43 heavy (non-hydrogen) atoms. The molecular formula is C27H25Cl2F3N6O5. The van der Waals surface area contributed by atoms with Crippen LogP contribution < -0.4 is 20.9 Å². The number of hydrogen-bond acceptors (Lipinski definition) is 6. The number of nitrogens with zero attached hydrogens (tertiary/aromatic N) is 2. The van der Waals surface area contributed by atoms with Gasteiger partial charge in [0.15, 0.2) is 0 Å². The van der Waals surface area contributed by atoms with Gasteiger partial charge in [0, 0.05) is 30.5 Å². The van der Waals surface area contributed by atoms with Gasteiger partial charge in [-0.1, -0.05) is 41.4 Å². The molecule has 1 saturated heterocycles. The first kappa shape index (κ1) is 32.9. The topological polar surface area (TPSA) is 157 Å². The van der Waals surface area contributed by atoms with E-state index in [0.717, 1.165) is 18.7 Å². The number of carboxylic acid groups (broad SMARTS) is 1. The minimum Gasteiger partial charge on any atom is -0.475 e. The molecule has 1 atom stereocenters. The van der Waals surface area contributed by atoms with Gasteiger partial charge in [-0.2, -0.15) is 18.3 Å². The maximum atomic E-state index is 13.0. The highest BCUT2D eigenvalue weighted by atomic mass is 35.5. The number of H-pyrrole nitrogens is 1. The summed E-state index contributed by atoms with van der Waals surface area (Å²) >= 11 is 12.2. The number of anilines is 3. The Labute approximate surface area is 253 Å². The van der Waals surface area contributed by atoms with Gasteiger partial charge in [-0.15, -0.1) is 0 Å². The van der Waals surface area contributed by atoms with E-state index in [9.17, 15) is 27.6 Å². The molecule has 3 aromatic rings. The second-order valence-electron chi connectivity index (χ2n) is 8.96. The second kappa shape index (κ2) is 14.6. The highest BCUT2D eigenvalue weighted by Gasteiger charge is 2.38. The largest absolute Gasteiger partial charge is 0.490 e. The van der Waals surface area contributed by atoms with Crippen molar-refractivity contribution in [2.45, 2.75) is 25.6 Å². The molecule has 0 radical (unpaired) electrons. The zero-order chi connectivity index (χ0) is 31.7. The molecule has 16 heteroatoms. The Morgan fingerprint density at radius 3 is 2.35 bits per heavy atom. The maximum Gasteiger partial charge on any atom is 0.490 e. The molecule has 0 saturated carbocycles. The predicted molar refractivity (Wildman–Crippen MR) is 155 cm³/mol. The van der Waals surface area contributed by atoms with Crippen LogP contribution in [0.4, 0.5) is 30.2 Å². The Hall–Kier alpha value is -4.56. The number of hydrogen-bond donors (Lipinski definition) is 5. The van der Waals surface area contributed by atoms with E-state index in [2.05, 4.69) is 31.0 Å². The first-order valence-corrected chi connectivity index (χ1v) is 13.2. The van der Waals surface area contributed by atoms with Crippen molar-refractivity contribution in [3.63, 3.8) is 0 Å². The van der Waals surface area contributed by atoms with Crippen LogP contribution in [0.25, 0.3) is 0 Å². The van der Waals surface area contributed by atoms with E-state index in [4.69, 9.17) is 33.1 Å². The lowest BCUT2D eigenvalue weighted by Crippen LogP contribution is -2.37. The quantitative estimate of drug-likeness (QED) is 0.224. The van der Waals surface area contributed by atoms with Gasteiger partial charge in [0.25, 0.3) is 11.8 Å². The smallest absolute Gasteiger partial charge is 0.475 e. The van der Waals surface area contributed by atoms with Crippen molar-refractivity contribution < 1.29 is 37.5 Å². The van der Waals surface area contributed by atoms with Crippen molar-refractivity contribution in [3.05, 3.63) is 82.1 Å². The number of aromatic amines is 1. The lowest BCUT2D eigenvalue weighted by Gasteiger charge is -2.20. The van der Waals surface area contributed by atoms with Gasteiger partial charge >= 0.3 is 12.1 Å². The molecule has 0 unspecified atom stereocenters. The maximum absolute atomic E-state index is 13.0. The zero-order valence-corrected chi connectivity index (χ0v) is 23.8. The summed E-state index contributed by atoms with van der Waals surface area (Å²) in [6, 6.07) is 12.2. The molecule has 2 heterocycles. The van der Waals surface area contributed by atoms with E-state index in [1.54, 1.807) is 31.2 Å². The number of carboxylic acids is 1.